The SMILES string of the molecule is CC(=O)NCCOc1cccc2c1CN(C1=CN=NC(=O)C1Cl)C2. The van der Waals surface area contributed by atoms with Crippen LogP contribution in [0.3, 0.4) is 0 Å². The molecule has 1 aromatic carbocycles. The van der Waals surface area contributed by atoms with E-state index in [-0.39, 0.29) is 5.91 Å². The summed E-state index contributed by atoms with van der Waals surface area (Å²) in [5.41, 5.74) is 2.82. The van der Waals surface area contributed by atoms with E-state index in [4.69, 9.17) is 16.3 Å². The van der Waals surface area contributed by atoms with Crippen LogP contribution in [0.1, 0.15) is 18.1 Å². The number of nitrogens with zero attached hydrogens (tertiary/aromatic N) is 3. The summed E-state index contributed by atoms with van der Waals surface area (Å²) in [6.07, 6.45) is 1.53. The molecule has 1 N–H and O–H groups in total. The molecule has 1 aromatic rings. The average molecular weight is 349 g/mol. The van der Waals surface area contributed by atoms with Crippen molar-refractivity contribution < 1.29 is 14.3 Å². The molecule has 0 spiro atoms. The topological polar surface area (TPSA) is 83.4 Å². The fourth-order valence-corrected chi connectivity index (χ4v) is 2.96. The molecule has 0 aliphatic carbocycles. The van der Waals surface area contributed by atoms with Gasteiger partial charge >= 0.3 is 0 Å². The molecular formula is C16H17ClN4O3. The summed E-state index contributed by atoms with van der Waals surface area (Å²) in [6.45, 7) is 3.53. The van der Waals surface area contributed by atoms with E-state index >= 15 is 0 Å². The average Bonchev–Trinajstić information content (AvgIpc) is 2.98. The van der Waals surface area contributed by atoms with E-state index in [1.54, 1.807) is 0 Å². The first-order chi connectivity index (χ1) is 11.6. The first-order valence-corrected chi connectivity index (χ1v) is 8.01. The number of hydrogen-bond donors (Lipinski definition) is 1. The van der Waals surface area contributed by atoms with E-state index in [2.05, 4.69) is 15.5 Å². The van der Waals surface area contributed by atoms with Crippen molar-refractivity contribution in [3.63, 3.8) is 0 Å². The van der Waals surface area contributed by atoms with Crippen LogP contribution in [-0.2, 0) is 22.7 Å². The summed E-state index contributed by atoms with van der Waals surface area (Å²) in [5.74, 6) is 0.243. The number of ether oxygens (including phenoxy) is 1. The number of carbonyl (C=O) groups is 2. The van der Waals surface area contributed by atoms with Crippen molar-refractivity contribution in [2.24, 2.45) is 10.2 Å². The second-order valence-electron chi connectivity index (χ2n) is 5.55. The van der Waals surface area contributed by atoms with Crippen molar-refractivity contribution in [1.82, 2.24) is 10.2 Å². The Balaban J connectivity index is 1.70. The molecule has 7 nitrogen and oxygen atoms in total. The Hall–Kier alpha value is -2.41. The Bertz CT molecular complexity index is 732. The minimum absolute atomic E-state index is 0.0840. The standard InChI is InChI=1S/C16H17ClN4O3/c1-10(22)18-5-6-24-14-4-2-3-11-8-21(9-12(11)14)13-7-19-20-16(23)15(13)17/h2-4,7,15H,5-6,8-9H2,1H3,(H,18,22). The molecule has 24 heavy (non-hydrogen) atoms. The van der Waals surface area contributed by atoms with Gasteiger partial charge in [0.15, 0.2) is 5.38 Å². The van der Waals surface area contributed by atoms with E-state index in [9.17, 15) is 9.59 Å². The Morgan fingerprint density at radius 1 is 1.46 bits per heavy atom. The highest BCUT2D eigenvalue weighted by molar-refractivity contribution is 6.33. The van der Waals surface area contributed by atoms with Crippen molar-refractivity contribution in [3.05, 3.63) is 41.2 Å². The molecule has 0 bridgehead atoms. The van der Waals surface area contributed by atoms with Crippen molar-refractivity contribution >= 4 is 23.4 Å². The molecule has 2 amide bonds. The predicted octanol–water partition coefficient (Wildman–Crippen LogP) is 1.96. The fraction of sp³-hybridized carbons (Fsp3) is 0.375. The van der Waals surface area contributed by atoms with Crippen LogP contribution in [0.15, 0.2) is 40.3 Å². The van der Waals surface area contributed by atoms with Crippen molar-refractivity contribution in [2.45, 2.75) is 25.4 Å². The summed E-state index contributed by atoms with van der Waals surface area (Å²) < 4.78 is 5.78. The summed E-state index contributed by atoms with van der Waals surface area (Å²) in [5, 5.41) is 9.06. The van der Waals surface area contributed by atoms with Crippen LogP contribution < -0.4 is 10.1 Å². The maximum atomic E-state index is 11.6. The van der Waals surface area contributed by atoms with Gasteiger partial charge in [-0.15, -0.1) is 16.7 Å². The third kappa shape index (κ3) is 3.41. The van der Waals surface area contributed by atoms with Crippen LogP contribution >= 0.6 is 11.6 Å². The fourth-order valence-electron chi connectivity index (χ4n) is 2.73. The lowest BCUT2D eigenvalue weighted by Gasteiger charge is -2.24. The molecule has 1 atom stereocenters. The van der Waals surface area contributed by atoms with E-state index in [0.29, 0.717) is 31.9 Å². The highest BCUT2D eigenvalue weighted by atomic mass is 35.5. The van der Waals surface area contributed by atoms with Gasteiger partial charge < -0.3 is 15.0 Å². The third-order valence-electron chi connectivity index (χ3n) is 3.86. The zero-order chi connectivity index (χ0) is 17.1. The molecule has 0 saturated carbocycles. The number of rotatable bonds is 5. The van der Waals surface area contributed by atoms with E-state index in [1.807, 2.05) is 23.1 Å². The Labute approximate surface area is 144 Å². The van der Waals surface area contributed by atoms with Gasteiger partial charge in [-0.05, 0) is 11.6 Å². The number of alkyl halides is 1. The van der Waals surface area contributed by atoms with Crippen LogP contribution in [0.25, 0.3) is 0 Å². The van der Waals surface area contributed by atoms with Crippen molar-refractivity contribution in [3.8, 4) is 5.75 Å². The van der Waals surface area contributed by atoms with Gasteiger partial charge in [-0.2, -0.15) is 5.11 Å². The molecule has 2 heterocycles. The monoisotopic (exact) mass is 348 g/mol. The number of halogens is 1. The number of amides is 2. The molecule has 126 valence electrons. The van der Waals surface area contributed by atoms with Crippen LogP contribution in [0.2, 0.25) is 0 Å². The summed E-state index contributed by atoms with van der Waals surface area (Å²) in [6, 6.07) is 5.84. The maximum Gasteiger partial charge on any atom is 0.288 e. The van der Waals surface area contributed by atoms with Crippen molar-refractivity contribution in [1.29, 1.82) is 0 Å². The molecule has 1 unspecified atom stereocenters. The summed E-state index contributed by atoms with van der Waals surface area (Å²) >= 11 is 6.14. The quantitative estimate of drug-likeness (QED) is 0.651. The number of nitrogens with one attached hydrogen (secondary N) is 1. The first kappa shape index (κ1) is 16.4. The molecule has 0 aromatic heterocycles. The van der Waals surface area contributed by atoms with Gasteiger partial charge in [0.05, 0.1) is 18.4 Å². The van der Waals surface area contributed by atoms with Gasteiger partial charge in [-0.25, -0.2) is 0 Å². The molecule has 0 radical (unpaired) electrons. The number of carbonyl (C=O) groups excluding carboxylic acids is 2. The lowest BCUT2D eigenvalue weighted by atomic mass is 10.1. The molecule has 8 heteroatoms. The molecular weight excluding hydrogens is 332 g/mol. The largest absolute Gasteiger partial charge is 0.491 e. The maximum absolute atomic E-state index is 11.6. The third-order valence-corrected chi connectivity index (χ3v) is 4.27. The molecule has 0 fully saturated rings. The lowest BCUT2D eigenvalue weighted by Crippen LogP contribution is -2.28. The minimum Gasteiger partial charge on any atom is -0.491 e. The zero-order valence-corrected chi connectivity index (χ0v) is 13.9. The number of azo groups is 1. The van der Waals surface area contributed by atoms with Crippen LogP contribution in [0, 0.1) is 0 Å². The van der Waals surface area contributed by atoms with Gasteiger partial charge in [0.25, 0.3) is 5.91 Å². The second kappa shape index (κ2) is 7.00. The van der Waals surface area contributed by atoms with Gasteiger partial charge in [-0.3, -0.25) is 9.59 Å². The van der Waals surface area contributed by atoms with E-state index in [0.717, 1.165) is 16.9 Å². The highest BCUT2D eigenvalue weighted by Gasteiger charge is 2.32. The predicted molar refractivity (Wildman–Crippen MR) is 87.5 cm³/mol. The molecule has 2 aliphatic heterocycles. The molecule has 3 rings (SSSR count). The summed E-state index contributed by atoms with van der Waals surface area (Å²) in [4.78, 5) is 24.5. The van der Waals surface area contributed by atoms with Crippen LogP contribution in [0.5, 0.6) is 5.75 Å². The second-order valence-corrected chi connectivity index (χ2v) is 5.99. The van der Waals surface area contributed by atoms with Crippen LogP contribution in [0.4, 0.5) is 0 Å². The molecule has 0 saturated heterocycles. The first-order valence-electron chi connectivity index (χ1n) is 7.58. The lowest BCUT2D eigenvalue weighted by molar-refractivity contribution is -0.119. The Kier molecular flexibility index (Phi) is 4.80. The smallest absolute Gasteiger partial charge is 0.288 e. The Morgan fingerprint density at radius 3 is 3.08 bits per heavy atom. The number of benzene rings is 1. The van der Waals surface area contributed by atoms with E-state index < -0.39 is 11.3 Å². The van der Waals surface area contributed by atoms with Crippen LogP contribution in [-0.4, -0.2) is 35.2 Å². The molecule has 2 aliphatic rings. The Morgan fingerprint density at radius 2 is 2.29 bits per heavy atom. The summed E-state index contributed by atoms with van der Waals surface area (Å²) in [7, 11) is 0. The number of hydrogen-bond acceptors (Lipinski definition) is 5. The number of fused-ring (bicyclic) bond motifs is 1. The van der Waals surface area contributed by atoms with Gasteiger partial charge in [0.1, 0.15) is 12.4 Å². The van der Waals surface area contributed by atoms with Gasteiger partial charge in [-0.1, -0.05) is 12.1 Å². The van der Waals surface area contributed by atoms with Gasteiger partial charge in [0, 0.05) is 25.6 Å². The zero-order valence-electron chi connectivity index (χ0n) is 13.2. The van der Waals surface area contributed by atoms with Crippen molar-refractivity contribution in [2.75, 3.05) is 13.2 Å². The normalized spacial score (nSPS) is 19.1. The minimum atomic E-state index is -0.805. The van der Waals surface area contributed by atoms with E-state index in [1.165, 1.54) is 13.1 Å². The van der Waals surface area contributed by atoms with Gasteiger partial charge in [0.2, 0.25) is 5.91 Å². The highest BCUT2D eigenvalue weighted by Crippen LogP contribution is 2.35.